The zero-order chi connectivity index (χ0) is 19.1. The zero-order valence-electron chi connectivity index (χ0n) is 14.8. The second kappa shape index (κ2) is 4.86. The van der Waals surface area contributed by atoms with Crippen LogP contribution >= 0.6 is 0 Å². The van der Waals surface area contributed by atoms with Crippen LogP contribution in [-0.4, -0.2) is 39.6 Å². The van der Waals surface area contributed by atoms with Crippen LogP contribution in [0, 0.1) is 12.8 Å². The first kappa shape index (κ1) is 16.6. The van der Waals surface area contributed by atoms with Crippen molar-refractivity contribution in [2.75, 3.05) is 7.11 Å². The molecule has 2 aliphatic rings. The van der Waals surface area contributed by atoms with Gasteiger partial charge in [0.15, 0.2) is 11.4 Å². The van der Waals surface area contributed by atoms with Crippen LogP contribution in [0.3, 0.4) is 0 Å². The topological polar surface area (TPSA) is 104 Å². The van der Waals surface area contributed by atoms with Crippen molar-refractivity contribution in [3.8, 4) is 17.2 Å². The summed E-state index contributed by atoms with van der Waals surface area (Å²) in [6.45, 7) is 4.76. The fraction of sp³-hybridized carbons (Fsp3) is 0.300. The van der Waals surface area contributed by atoms with Crippen molar-refractivity contribution in [3.63, 3.8) is 0 Å². The van der Waals surface area contributed by atoms with Crippen LogP contribution in [0.2, 0.25) is 0 Å². The van der Waals surface area contributed by atoms with Gasteiger partial charge in [-0.2, -0.15) is 0 Å². The second-order valence-electron chi connectivity index (χ2n) is 6.99. The average molecular weight is 354 g/mol. The van der Waals surface area contributed by atoms with Crippen LogP contribution in [0.4, 0.5) is 0 Å². The summed E-state index contributed by atoms with van der Waals surface area (Å²) in [7, 11) is 1.44. The number of aliphatic hydroxyl groups is 1. The number of phenols is 2. The molecule has 2 atom stereocenters. The molecule has 134 valence electrons. The lowest BCUT2D eigenvalue weighted by molar-refractivity contribution is -0.121. The first-order valence-electron chi connectivity index (χ1n) is 8.25. The Morgan fingerprint density at radius 1 is 1.04 bits per heavy atom. The molecule has 0 aliphatic heterocycles. The Bertz CT molecular complexity index is 1080. The fourth-order valence-electron chi connectivity index (χ4n) is 4.43. The Hall–Kier alpha value is -2.86. The highest BCUT2D eigenvalue weighted by Gasteiger charge is 2.58. The molecule has 0 spiro atoms. The van der Waals surface area contributed by atoms with Crippen LogP contribution in [0.5, 0.6) is 17.2 Å². The van der Waals surface area contributed by atoms with Gasteiger partial charge < -0.3 is 20.1 Å². The summed E-state index contributed by atoms with van der Waals surface area (Å²) in [6, 6.07) is 2.82. The number of fused-ring (bicyclic) bond motifs is 2. The van der Waals surface area contributed by atoms with Crippen LogP contribution in [-0.2, 0) is 4.79 Å². The van der Waals surface area contributed by atoms with E-state index in [0.717, 1.165) is 0 Å². The number of aromatic hydroxyl groups is 2. The smallest absolute Gasteiger partial charge is 0.204 e. The number of ketones is 2. The molecule has 0 aromatic heterocycles. The number of carbonyl (C=O) groups excluding carboxylic acids is 2. The number of hydrogen-bond acceptors (Lipinski definition) is 6. The summed E-state index contributed by atoms with van der Waals surface area (Å²) in [5.74, 6) is -2.28. The number of methoxy groups -OCH3 is 1. The van der Waals surface area contributed by atoms with E-state index in [1.807, 2.05) is 0 Å². The summed E-state index contributed by atoms with van der Waals surface area (Å²) in [5, 5.41) is 33.2. The molecule has 3 N–H and O–H groups in total. The van der Waals surface area contributed by atoms with Gasteiger partial charge in [-0.3, -0.25) is 9.59 Å². The molecule has 0 fully saturated rings. The molecule has 0 radical (unpaired) electrons. The van der Waals surface area contributed by atoms with Gasteiger partial charge in [0.25, 0.3) is 0 Å². The Kier molecular flexibility index (Phi) is 3.10. The molecule has 0 amide bonds. The van der Waals surface area contributed by atoms with Crippen molar-refractivity contribution in [3.05, 3.63) is 34.4 Å². The van der Waals surface area contributed by atoms with E-state index in [1.54, 1.807) is 6.92 Å². The molecule has 2 aliphatic carbocycles. The number of Topliss-reactive ketones (excluding diaryl/α,β-unsaturated/α-hetero) is 2. The van der Waals surface area contributed by atoms with Gasteiger partial charge in [0.2, 0.25) is 5.78 Å². The fourth-order valence-corrected chi connectivity index (χ4v) is 4.43. The Morgan fingerprint density at radius 2 is 1.65 bits per heavy atom. The lowest BCUT2D eigenvalue weighted by atomic mass is 9.70. The van der Waals surface area contributed by atoms with Crippen molar-refractivity contribution < 1.29 is 29.6 Å². The van der Waals surface area contributed by atoms with Crippen molar-refractivity contribution in [2.45, 2.75) is 26.4 Å². The van der Waals surface area contributed by atoms with Gasteiger partial charge >= 0.3 is 0 Å². The van der Waals surface area contributed by atoms with E-state index in [2.05, 4.69) is 0 Å². The highest BCUT2D eigenvalue weighted by molar-refractivity contribution is 6.33. The van der Waals surface area contributed by atoms with E-state index in [0.29, 0.717) is 22.1 Å². The van der Waals surface area contributed by atoms with E-state index in [9.17, 15) is 24.9 Å². The van der Waals surface area contributed by atoms with Gasteiger partial charge in [-0.05, 0) is 31.1 Å². The van der Waals surface area contributed by atoms with E-state index in [4.69, 9.17) is 4.74 Å². The third-order valence-electron chi connectivity index (χ3n) is 5.71. The van der Waals surface area contributed by atoms with Crippen LogP contribution in [0.15, 0.2) is 17.7 Å². The number of rotatable bonds is 1. The Labute approximate surface area is 149 Å². The lowest BCUT2D eigenvalue weighted by Crippen LogP contribution is -2.46. The van der Waals surface area contributed by atoms with Gasteiger partial charge in [0, 0.05) is 28.0 Å². The number of ether oxygens (including phenoxy) is 1. The summed E-state index contributed by atoms with van der Waals surface area (Å²) >= 11 is 0. The first-order valence-corrected chi connectivity index (χ1v) is 8.25. The number of carbonyl (C=O) groups is 2. The van der Waals surface area contributed by atoms with Crippen LogP contribution < -0.4 is 4.74 Å². The summed E-state index contributed by atoms with van der Waals surface area (Å²) < 4.78 is 5.35. The van der Waals surface area contributed by atoms with Crippen molar-refractivity contribution in [1.29, 1.82) is 0 Å². The zero-order valence-corrected chi connectivity index (χ0v) is 14.8. The molecule has 2 aromatic rings. The van der Waals surface area contributed by atoms with Gasteiger partial charge in [-0.25, -0.2) is 0 Å². The standard InChI is InChI=1S/C20H18O6/c1-7-5-10(21)14-16-13(7)12(26-4)6-11(22)15(16)19(24)20(25)9(3)18(23)8(2)17(14)20/h5-6,9,21-22,25H,1-4H3. The first-order chi connectivity index (χ1) is 12.2. The molecule has 0 bridgehead atoms. The molecule has 6 heteroatoms. The van der Waals surface area contributed by atoms with Crippen LogP contribution in [0.25, 0.3) is 16.3 Å². The molecule has 2 unspecified atom stereocenters. The molecule has 0 saturated carbocycles. The van der Waals surface area contributed by atoms with Gasteiger partial charge in [-0.1, -0.05) is 6.92 Å². The average Bonchev–Trinajstić information content (AvgIpc) is 2.76. The maximum absolute atomic E-state index is 13.2. The lowest BCUT2D eigenvalue weighted by Gasteiger charge is -2.35. The van der Waals surface area contributed by atoms with E-state index >= 15 is 0 Å². The molecular formula is C20H18O6. The monoisotopic (exact) mass is 354 g/mol. The van der Waals surface area contributed by atoms with Gasteiger partial charge in [0.05, 0.1) is 18.6 Å². The highest BCUT2D eigenvalue weighted by atomic mass is 16.5. The van der Waals surface area contributed by atoms with Crippen molar-refractivity contribution in [1.82, 2.24) is 0 Å². The SMILES string of the molecule is COc1cc(O)c2c3c(c(O)cc(C)c13)C1=C(C)C(=O)C(C)C1(O)C2=O. The third kappa shape index (κ3) is 1.60. The Morgan fingerprint density at radius 3 is 2.27 bits per heavy atom. The number of allylic oxidation sites excluding steroid dienone is 1. The van der Waals surface area contributed by atoms with E-state index in [-0.39, 0.29) is 39.6 Å². The van der Waals surface area contributed by atoms with Crippen molar-refractivity contribution in [2.24, 2.45) is 5.92 Å². The van der Waals surface area contributed by atoms with E-state index in [1.165, 1.54) is 33.1 Å². The van der Waals surface area contributed by atoms with Crippen LogP contribution in [0.1, 0.15) is 35.3 Å². The summed E-state index contributed by atoms with van der Waals surface area (Å²) in [5.41, 5.74) is -1.01. The summed E-state index contributed by atoms with van der Waals surface area (Å²) in [4.78, 5) is 25.8. The minimum absolute atomic E-state index is 0.101. The maximum Gasteiger partial charge on any atom is 0.204 e. The minimum atomic E-state index is -2.11. The number of phenolic OH excluding ortho intramolecular Hbond substituents is 2. The quantitative estimate of drug-likeness (QED) is 0.727. The largest absolute Gasteiger partial charge is 0.507 e. The number of benzene rings is 2. The molecule has 26 heavy (non-hydrogen) atoms. The van der Waals surface area contributed by atoms with Gasteiger partial charge in [-0.15, -0.1) is 0 Å². The van der Waals surface area contributed by atoms with E-state index < -0.39 is 17.3 Å². The Balaban J connectivity index is 2.33. The molecule has 4 rings (SSSR count). The minimum Gasteiger partial charge on any atom is -0.507 e. The molecule has 0 saturated heterocycles. The predicted octanol–water partition coefficient (Wildman–Crippen LogP) is 2.49. The van der Waals surface area contributed by atoms with Gasteiger partial charge in [0.1, 0.15) is 17.2 Å². The third-order valence-corrected chi connectivity index (χ3v) is 5.71. The molecular weight excluding hydrogens is 336 g/mol. The summed E-state index contributed by atoms with van der Waals surface area (Å²) in [6.07, 6.45) is 0. The molecule has 0 heterocycles. The number of aryl methyl sites for hydroxylation is 1. The normalized spacial score (nSPS) is 24.4. The second-order valence-corrected chi connectivity index (χ2v) is 6.99. The highest BCUT2D eigenvalue weighted by Crippen LogP contribution is 2.56. The number of hydrogen-bond donors (Lipinski definition) is 3. The maximum atomic E-state index is 13.2. The molecule has 2 aromatic carbocycles. The predicted molar refractivity (Wildman–Crippen MR) is 94.6 cm³/mol. The van der Waals surface area contributed by atoms with Crippen molar-refractivity contribution >= 4 is 27.9 Å². The molecule has 6 nitrogen and oxygen atoms in total.